The minimum Gasteiger partial charge on any atom is -0.313 e. The smallest absolute Gasteiger partial charge is 0.124 e. The minimum absolute atomic E-state index is 0.199. The molecule has 1 atom stereocenters. The van der Waals surface area contributed by atoms with Crippen molar-refractivity contribution < 1.29 is 4.39 Å². The van der Waals surface area contributed by atoms with E-state index in [-0.39, 0.29) is 11.9 Å². The van der Waals surface area contributed by atoms with Gasteiger partial charge in [0.15, 0.2) is 0 Å². The Balaban J connectivity index is 2.08. The lowest BCUT2D eigenvalue weighted by Crippen LogP contribution is -2.33. The first-order valence-electron chi connectivity index (χ1n) is 7.24. The van der Waals surface area contributed by atoms with Crippen LogP contribution >= 0.6 is 15.9 Å². The van der Waals surface area contributed by atoms with Crippen LogP contribution in [0.2, 0.25) is 0 Å². The lowest BCUT2D eigenvalue weighted by Gasteiger charge is -2.19. The molecule has 0 aliphatic carbocycles. The summed E-state index contributed by atoms with van der Waals surface area (Å²) in [7, 11) is 0. The monoisotopic (exact) mass is 350 g/mol. The molecule has 2 aromatic rings. The third kappa shape index (κ3) is 5.56. The van der Waals surface area contributed by atoms with Crippen LogP contribution < -0.4 is 5.32 Å². The Bertz CT molecular complexity index is 540. The van der Waals surface area contributed by atoms with Crippen LogP contribution in [0.15, 0.2) is 47.2 Å². The van der Waals surface area contributed by atoms with Crippen LogP contribution in [-0.2, 0) is 12.8 Å². The fourth-order valence-electron chi connectivity index (χ4n) is 2.38. The highest BCUT2D eigenvalue weighted by atomic mass is 79.9. The zero-order chi connectivity index (χ0) is 15.1. The van der Waals surface area contributed by atoms with Crippen molar-refractivity contribution in [1.29, 1.82) is 0 Å². The Kier molecular flexibility index (Phi) is 6.33. The molecule has 1 unspecified atom stereocenters. The third-order valence-corrected chi connectivity index (χ3v) is 3.75. The number of nitrogens with zero attached hydrogens (tertiary/aromatic N) is 1. The summed E-state index contributed by atoms with van der Waals surface area (Å²) in [5, 5.41) is 3.54. The molecule has 2 nitrogen and oxygen atoms in total. The number of pyridine rings is 1. The Hall–Kier alpha value is -1.26. The number of rotatable bonds is 7. The third-order valence-electron chi connectivity index (χ3n) is 3.29. The van der Waals surface area contributed by atoms with Crippen molar-refractivity contribution in [3.63, 3.8) is 0 Å². The summed E-state index contributed by atoms with van der Waals surface area (Å²) in [6, 6.07) is 9.38. The van der Waals surface area contributed by atoms with Crippen molar-refractivity contribution >= 4 is 15.9 Å². The van der Waals surface area contributed by atoms with E-state index in [0.717, 1.165) is 35.8 Å². The van der Waals surface area contributed by atoms with Crippen LogP contribution in [-0.4, -0.2) is 17.6 Å². The molecule has 4 heteroatoms. The molecule has 0 saturated carbocycles. The summed E-state index contributed by atoms with van der Waals surface area (Å²) in [5.74, 6) is -0.199. The summed E-state index contributed by atoms with van der Waals surface area (Å²) < 4.78 is 14.3. The van der Waals surface area contributed by atoms with Crippen LogP contribution in [0.1, 0.15) is 24.5 Å². The van der Waals surface area contributed by atoms with Crippen molar-refractivity contribution in [2.24, 2.45) is 0 Å². The maximum Gasteiger partial charge on any atom is 0.124 e. The molecule has 1 aromatic carbocycles. The van der Waals surface area contributed by atoms with Gasteiger partial charge >= 0.3 is 0 Å². The van der Waals surface area contributed by atoms with Gasteiger partial charge in [-0.3, -0.25) is 4.98 Å². The van der Waals surface area contributed by atoms with Gasteiger partial charge in [-0.05, 0) is 61.2 Å². The normalized spacial score (nSPS) is 12.3. The van der Waals surface area contributed by atoms with Crippen molar-refractivity contribution in [1.82, 2.24) is 10.3 Å². The summed E-state index contributed by atoms with van der Waals surface area (Å²) in [6.45, 7) is 3.11. The van der Waals surface area contributed by atoms with E-state index in [2.05, 4.69) is 39.2 Å². The first-order chi connectivity index (χ1) is 10.2. The van der Waals surface area contributed by atoms with Crippen LogP contribution in [0.4, 0.5) is 4.39 Å². The first kappa shape index (κ1) is 16.1. The first-order valence-corrected chi connectivity index (χ1v) is 8.04. The summed E-state index contributed by atoms with van der Waals surface area (Å²) >= 11 is 3.35. The lowest BCUT2D eigenvalue weighted by atomic mass is 9.99. The van der Waals surface area contributed by atoms with E-state index in [1.54, 1.807) is 12.3 Å². The van der Waals surface area contributed by atoms with Gasteiger partial charge in [-0.1, -0.05) is 28.9 Å². The minimum atomic E-state index is -0.199. The van der Waals surface area contributed by atoms with E-state index in [1.807, 2.05) is 18.3 Å². The number of aromatic nitrogens is 1. The Morgan fingerprint density at radius 2 is 2.05 bits per heavy atom. The number of hydrogen-bond acceptors (Lipinski definition) is 2. The SMILES string of the molecule is CCCNC(Cc1cccnc1)Cc1cc(F)cc(Br)c1. The second kappa shape index (κ2) is 8.25. The topological polar surface area (TPSA) is 24.9 Å². The molecule has 1 heterocycles. The molecular formula is C17H20BrFN2. The molecule has 112 valence electrons. The van der Waals surface area contributed by atoms with Crippen LogP contribution in [0.25, 0.3) is 0 Å². The zero-order valence-electron chi connectivity index (χ0n) is 12.2. The van der Waals surface area contributed by atoms with Gasteiger partial charge in [-0.2, -0.15) is 0 Å². The van der Waals surface area contributed by atoms with Gasteiger partial charge in [0.2, 0.25) is 0 Å². The number of halogens is 2. The van der Waals surface area contributed by atoms with Crippen molar-refractivity contribution in [3.05, 3.63) is 64.1 Å². The van der Waals surface area contributed by atoms with Crippen molar-refractivity contribution in [3.8, 4) is 0 Å². The number of benzene rings is 1. The average Bonchev–Trinajstić information content (AvgIpc) is 2.45. The van der Waals surface area contributed by atoms with E-state index in [1.165, 1.54) is 11.6 Å². The van der Waals surface area contributed by atoms with Gasteiger partial charge in [0.05, 0.1) is 0 Å². The van der Waals surface area contributed by atoms with Crippen molar-refractivity contribution in [2.75, 3.05) is 6.54 Å². The predicted octanol–water partition coefficient (Wildman–Crippen LogP) is 4.14. The second-order valence-corrected chi connectivity index (χ2v) is 6.11. The highest BCUT2D eigenvalue weighted by Gasteiger charge is 2.11. The van der Waals surface area contributed by atoms with E-state index >= 15 is 0 Å². The van der Waals surface area contributed by atoms with E-state index in [9.17, 15) is 4.39 Å². The second-order valence-electron chi connectivity index (χ2n) is 5.20. The summed E-state index contributed by atoms with van der Waals surface area (Å²) in [6.07, 6.45) is 6.44. The fraction of sp³-hybridized carbons (Fsp3) is 0.353. The fourth-order valence-corrected chi connectivity index (χ4v) is 2.89. The van der Waals surface area contributed by atoms with E-state index < -0.39 is 0 Å². The molecule has 0 fully saturated rings. The Morgan fingerprint density at radius 1 is 1.24 bits per heavy atom. The molecule has 1 N–H and O–H groups in total. The molecule has 0 aliphatic heterocycles. The maximum absolute atomic E-state index is 13.5. The molecule has 0 radical (unpaired) electrons. The van der Waals surface area contributed by atoms with Crippen molar-refractivity contribution in [2.45, 2.75) is 32.2 Å². The average molecular weight is 351 g/mol. The molecule has 1 aromatic heterocycles. The van der Waals surface area contributed by atoms with Gasteiger partial charge in [-0.25, -0.2) is 4.39 Å². The van der Waals surface area contributed by atoms with Gasteiger partial charge in [0, 0.05) is 22.9 Å². The van der Waals surface area contributed by atoms with Gasteiger partial charge in [0.25, 0.3) is 0 Å². The lowest BCUT2D eigenvalue weighted by molar-refractivity contribution is 0.502. The van der Waals surface area contributed by atoms with Gasteiger partial charge in [0.1, 0.15) is 5.82 Å². The molecule has 21 heavy (non-hydrogen) atoms. The molecule has 2 rings (SSSR count). The zero-order valence-corrected chi connectivity index (χ0v) is 13.7. The quantitative estimate of drug-likeness (QED) is 0.811. The number of hydrogen-bond donors (Lipinski definition) is 1. The molecular weight excluding hydrogens is 331 g/mol. The Labute approximate surface area is 133 Å². The predicted molar refractivity (Wildman–Crippen MR) is 87.8 cm³/mol. The van der Waals surface area contributed by atoms with E-state index in [0.29, 0.717) is 0 Å². The standard InChI is InChI=1S/C17H20BrFN2/c1-2-5-21-17(9-13-4-3-6-20-12-13)10-14-7-15(18)11-16(19)8-14/h3-4,6-8,11-12,17,21H,2,5,9-10H2,1H3. The summed E-state index contributed by atoms with van der Waals surface area (Å²) in [5.41, 5.74) is 2.20. The molecule has 0 bridgehead atoms. The van der Waals surface area contributed by atoms with Crippen LogP contribution in [0.5, 0.6) is 0 Å². The van der Waals surface area contributed by atoms with E-state index in [4.69, 9.17) is 0 Å². The van der Waals surface area contributed by atoms with Gasteiger partial charge < -0.3 is 5.32 Å². The van der Waals surface area contributed by atoms with Crippen LogP contribution in [0, 0.1) is 5.82 Å². The van der Waals surface area contributed by atoms with Crippen LogP contribution in [0.3, 0.4) is 0 Å². The largest absolute Gasteiger partial charge is 0.313 e. The Morgan fingerprint density at radius 3 is 2.71 bits per heavy atom. The van der Waals surface area contributed by atoms with Gasteiger partial charge in [-0.15, -0.1) is 0 Å². The number of nitrogens with one attached hydrogen (secondary N) is 1. The highest BCUT2D eigenvalue weighted by Crippen LogP contribution is 2.17. The summed E-state index contributed by atoms with van der Waals surface area (Å²) in [4.78, 5) is 4.16. The molecule has 0 saturated heterocycles. The maximum atomic E-state index is 13.5. The molecule has 0 amide bonds. The highest BCUT2D eigenvalue weighted by molar-refractivity contribution is 9.10. The molecule has 0 aliphatic rings. The molecule has 0 spiro atoms.